The van der Waals surface area contributed by atoms with Crippen LogP contribution < -0.4 is 5.32 Å². The number of carbonyl (C=O) groups is 1. The first kappa shape index (κ1) is 15.6. The fraction of sp³-hybridized carbons (Fsp3) is 0.235. The van der Waals surface area contributed by atoms with Crippen LogP contribution in [-0.2, 0) is 5.54 Å². The number of phenols is 1. The predicted molar refractivity (Wildman–Crippen MR) is 87.9 cm³/mol. The van der Waals surface area contributed by atoms with Crippen LogP contribution in [0.25, 0.3) is 0 Å². The fourth-order valence-electron chi connectivity index (χ4n) is 2.14. The molecule has 0 saturated carbocycles. The van der Waals surface area contributed by atoms with E-state index in [1.54, 1.807) is 12.1 Å². The highest BCUT2D eigenvalue weighted by molar-refractivity contribution is 9.09. The van der Waals surface area contributed by atoms with Gasteiger partial charge in [0.25, 0.3) is 5.91 Å². The summed E-state index contributed by atoms with van der Waals surface area (Å²) in [6.07, 6.45) is 0. The molecule has 0 aliphatic heterocycles. The Hall–Kier alpha value is -1.81. The molecular formula is C17H18BrNO2. The third-order valence-corrected chi connectivity index (χ3v) is 4.59. The normalized spacial score (nSPS) is 13.5. The number of hydrogen-bond acceptors (Lipinski definition) is 2. The van der Waals surface area contributed by atoms with E-state index in [0.29, 0.717) is 5.33 Å². The number of aromatic hydroxyl groups is 1. The van der Waals surface area contributed by atoms with Gasteiger partial charge >= 0.3 is 0 Å². The maximum Gasteiger partial charge on any atom is 0.255 e. The molecule has 0 heterocycles. The lowest BCUT2D eigenvalue weighted by Gasteiger charge is -2.29. The summed E-state index contributed by atoms with van der Waals surface area (Å²) in [4.78, 5) is 12.4. The van der Waals surface area contributed by atoms with Crippen LogP contribution in [0.2, 0.25) is 0 Å². The molecule has 0 aliphatic carbocycles. The van der Waals surface area contributed by atoms with Crippen molar-refractivity contribution >= 4 is 21.8 Å². The summed E-state index contributed by atoms with van der Waals surface area (Å²) < 4.78 is 0. The quantitative estimate of drug-likeness (QED) is 0.827. The first-order chi connectivity index (χ1) is 9.96. The number of alkyl halides is 1. The van der Waals surface area contributed by atoms with Gasteiger partial charge in [-0.2, -0.15) is 0 Å². The molecule has 21 heavy (non-hydrogen) atoms. The Labute approximate surface area is 133 Å². The van der Waals surface area contributed by atoms with Gasteiger partial charge in [-0.05, 0) is 37.1 Å². The summed E-state index contributed by atoms with van der Waals surface area (Å²) in [5.74, 6) is -0.296. The van der Waals surface area contributed by atoms with E-state index >= 15 is 0 Å². The van der Waals surface area contributed by atoms with Crippen LogP contribution in [0.4, 0.5) is 0 Å². The number of hydrogen-bond donors (Lipinski definition) is 2. The van der Waals surface area contributed by atoms with Crippen molar-refractivity contribution < 1.29 is 9.90 Å². The molecule has 0 fully saturated rings. The smallest absolute Gasteiger partial charge is 0.255 e. The lowest BCUT2D eigenvalue weighted by Crippen LogP contribution is -2.44. The number of amides is 1. The minimum Gasteiger partial charge on any atom is -0.507 e. The van der Waals surface area contributed by atoms with Gasteiger partial charge < -0.3 is 10.4 Å². The predicted octanol–water partition coefficient (Wildman–Crippen LogP) is 3.74. The Morgan fingerprint density at radius 1 is 1.24 bits per heavy atom. The molecule has 0 spiro atoms. The average molecular weight is 348 g/mol. The second-order valence-corrected chi connectivity index (χ2v) is 5.87. The van der Waals surface area contributed by atoms with Crippen LogP contribution in [0.15, 0.2) is 48.5 Å². The maximum atomic E-state index is 12.4. The molecule has 0 aromatic heterocycles. The molecule has 0 saturated heterocycles. The Morgan fingerprint density at radius 3 is 2.48 bits per heavy atom. The van der Waals surface area contributed by atoms with E-state index < -0.39 is 5.54 Å². The minimum absolute atomic E-state index is 0.00233. The minimum atomic E-state index is -0.546. The van der Waals surface area contributed by atoms with Crippen LogP contribution in [0.1, 0.15) is 28.4 Å². The van der Waals surface area contributed by atoms with Gasteiger partial charge in [0.15, 0.2) is 0 Å². The third-order valence-electron chi connectivity index (χ3n) is 3.47. The van der Waals surface area contributed by atoms with Crippen molar-refractivity contribution in [2.75, 3.05) is 5.33 Å². The van der Waals surface area contributed by atoms with Crippen molar-refractivity contribution in [2.45, 2.75) is 19.4 Å². The number of benzene rings is 2. The molecule has 1 amide bonds. The molecule has 110 valence electrons. The molecule has 1 atom stereocenters. The van der Waals surface area contributed by atoms with E-state index in [-0.39, 0.29) is 17.2 Å². The molecule has 0 radical (unpaired) electrons. The number of aryl methyl sites for hydroxylation is 1. The van der Waals surface area contributed by atoms with Gasteiger partial charge in [-0.15, -0.1) is 0 Å². The largest absolute Gasteiger partial charge is 0.507 e. The van der Waals surface area contributed by atoms with E-state index in [2.05, 4.69) is 21.2 Å². The van der Waals surface area contributed by atoms with Crippen LogP contribution in [-0.4, -0.2) is 16.3 Å². The van der Waals surface area contributed by atoms with E-state index in [9.17, 15) is 9.90 Å². The van der Waals surface area contributed by atoms with Gasteiger partial charge in [0, 0.05) is 5.33 Å². The molecule has 2 aromatic carbocycles. The second kappa shape index (κ2) is 6.31. The Bertz CT molecular complexity index is 642. The van der Waals surface area contributed by atoms with Gasteiger partial charge in [0.1, 0.15) is 5.75 Å². The maximum absolute atomic E-state index is 12.4. The lowest BCUT2D eigenvalue weighted by atomic mass is 9.93. The van der Waals surface area contributed by atoms with E-state index in [1.165, 1.54) is 0 Å². The second-order valence-electron chi connectivity index (χ2n) is 5.31. The summed E-state index contributed by atoms with van der Waals surface area (Å²) in [7, 11) is 0. The number of nitrogens with one attached hydrogen (secondary N) is 1. The van der Waals surface area contributed by atoms with Gasteiger partial charge in [-0.1, -0.05) is 52.3 Å². The van der Waals surface area contributed by atoms with E-state index in [0.717, 1.165) is 11.1 Å². The van der Waals surface area contributed by atoms with Crippen LogP contribution in [0.5, 0.6) is 5.75 Å². The Balaban J connectivity index is 2.28. The van der Waals surface area contributed by atoms with Crippen molar-refractivity contribution in [2.24, 2.45) is 0 Å². The molecule has 4 heteroatoms. The number of carbonyl (C=O) groups excluding carboxylic acids is 1. The van der Waals surface area contributed by atoms with Gasteiger partial charge in [0.05, 0.1) is 11.1 Å². The van der Waals surface area contributed by atoms with Crippen molar-refractivity contribution in [1.29, 1.82) is 0 Å². The zero-order valence-corrected chi connectivity index (χ0v) is 13.6. The zero-order chi connectivity index (χ0) is 15.5. The number of rotatable bonds is 4. The molecule has 1 unspecified atom stereocenters. The first-order valence-corrected chi connectivity index (χ1v) is 7.82. The highest BCUT2D eigenvalue weighted by atomic mass is 79.9. The van der Waals surface area contributed by atoms with Crippen LogP contribution >= 0.6 is 15.9 Å². The topological polar surface area (TPSA) is 49.3 Å². The standard InChI is InChI=1S/C17H18BrNO2/c1-12-8-9-14(15(20)10-12)16(21)19-17(2,11-18)13-6-4-3-5-7-13/h3-10,20H,11H2,1-2H3,(H,19,21). The van der Waals surface area contributed by atoms with Gasteiger partial charge in [-0.3, -0.25) is 4.79 Å². The van der Waals surface area contributed by atoms with Gasteiger partial charge in [-0.25, -0.2) is 0 Å². The molecule has 3 nitrogen and oxygen atoms in total. The van der Waals surface area contributed by atoms with Crippen LogP contribution in [0, 0.1) is 6.92 Å². The monoisotopic (exact) mass is 347 g/mol. The fourth-order valence-corrected chi connectivity index (χ4v) is 2.60. The zero-order valence-electron chi connectivity index (χ0n) is 12.1. The average Bonchev–Trinajstić information content (AvgIpc) is 2.47. The Kier molecular flexibility index (Phi) is 4.68. The SMILES string of the molecule is Cc1ccc(C(=O)NC(C)(CBr)c2ccccc2)c(O)c1. The van der Waals surface area contributed by atoms with Gasteiger partial charge in [0.2, 0.25) is 0 Å². The summed E-state index contributed by atoms with van der Waals surface area (Å²) in [6, 6.07) is 14.8. The lowest BCUT2D eigenvalue weighted by molar-refractivity contribution is 0.0911. The summed E-state index contributed by atoms with van der Waals surface area (Å²) in [6.45, 7) is 3.81. The number of halogens is 1. The van der Waals surface area contributed by atoms with Crippen molar-refractivity contribution in [3.05, 3.63) is 65.2 Å². The van der Waals surface area contributed by atoms with E-state index in [1.807, 2.05) is 50.2 Å². The molecular weight excluding hydrogens is 330 g/mol. The number of phenolic OH excluding ortho intramolecular Hbond substituents is 1. The van der Waals surface area contributed by atoms with Crippen molar-refractivity contribution in [3.63, 3.8) is 0 Å². The van der Waals surface area contributed by atoms with E-state index in [4.69, 9.17) is 0 Å². The van der Waals surface area contributed by atoms with Crippen molar-refractivity contribution in [3.8, 4) is 5.75 Å². The first-order valence-electron chi connectivity index (χ1n) is 6.70. The molecule has 2 aromatic rings. The van der Waals surface area contributed by atoms with Crippen molar-refractivity contribution in [1.82, 2.24) is 5.32 Å². The molecule has 2 rings (SSSR count). The summed E-state index contributed by atoms with van der Waals surface area (Å²) >= 11 is 3.46. The molecule has 2 N–H and O–H groups in total. The Morgan fingerprint density at radius 2 is 1.90 bits per heavy atom. The summed E-state index contributed by atoms with van der Waals surface area (Å²) in [5.41, 5.74) is 1.65. The molecule has 0 aliphatic rings. The third kappa shape index (κ3) is 3.45. The van der Waals surface area contributed by atoms with Crippen LogP contribution in [0.3, 0.4) is 0 Å². The highest BCUT2D eigenvalue weighted by Gasteiger charge is 2.28. The highest BCUT2D eigenvalue weighted by Crippen LogP contribution is 2.25. The molecule has 0 bridgehead atoms. The summed E-state index contributed by atoms with van der Waals surface area (Å²) in [5, 5.41) is 13.5.